The van der Waals surface area contributed by atoms with Crippen LogP contribution in [0.2, 0.25) is 0 Å². The Kier molecular flexibility index (Phi) is 3.53. The standard InChI is InChI=1S/C17H20N4O2/c18-13-3-1-12(2-4-13)15-8-19-17(23-15)16(22)20-14-7-11-5-6-21(9-11)10-14/h1-4,8,11,14H,5-7,9-10,18H2,(H,20,22). The molecule has 0 aliphatic carbocycles. The number of nitrogens with one attached hydrogen (secondary N) is 1. The highest BCUT2D eigenvalue weighted by Gasteiger charge is 2.33. The van der Waals surface area contributed by atoms with Crippen molar-refractivity contribution in [2.45, 2.75) is 18.9 Å². The van der Waals surface area contributed by atoms with Gasteiger partial charge in [0.2, 0.25) is 0 Å². The van der Waals surface area contributed by atoms with Gasteiger partial charge in [0.25, 0.3) is 5.89 Å². The first kappa shape index (κ1) is 14.3. The van der Waals surface area contributed by atoms with Crippen LogP contribution < -0.4 is 11.1 Å². The Balaban J connectivity index is 1.44. The third-order valence-corrected chi connectivity index (χ3v) is 4.70. The Morgan fingerprint density at radius 1 is 1.30 bits per heavy atom. The lowest BCUT2D eigenvalue weighted by atomic mass is 9.97. The number of amides is 1. The number of carbonyl (C=O) groups excluding carboxylic acids is 1. The largest absolute Gasteiger partial charge is 0.432 e. The normalized spacial score (nSPS) is 26.2. The lowest BCUT2D eigenvalue weighted by Crippen LogP contribution is -2.47. The molecule has 0 spiro atoms. The summed E-state index contributed by atoms with van der Waals surface area (Å²) in [5.41, 5.74) is 7.22. The fourth-order valence-electron chi connectivity index (χ4n) is 3.57. The van der Waals surface area contributed by atoms with Crippen LogP contribution in [0.3, 0.4) is 0 Å². The number of piperidine rings is 1. The molecule has 120 valence electrons. The summed E-state index contributed by atoms with van der Waals surface area (Å²) >= 11 is 0. The lowest BCUT2D eigenvalue weighted by Gasteiger charge is -2.30. The minimum Gasteiger partial charge on any atom is -0.432 e. The second kappa shape index (κ2) is 5.70. The first-order valence-corrected chi connectivity index (χ1v) is 8.02. The van der Waals surface area contributed by atoms with E-state index >= 15 is 0 Å². The number of aromatic nitrogens is 1. The number of nitrogens with two attached hydrogens (primary N) is 1. The monoisotopic (exact) mass is 312 g/mol. The summed E-state index contributed by atoms with van der Waals surface area (Å²) in [4.78, 5) is 18.9. The highest BCUT2D eigenvalue weighted by molar-refractivity contribution is 5.90. The zero-order valence-electron chi connectivity index (χ0n) is 12.9. The van der Waals surface area contributed by atoms with Crippen molar-refractivity contribution >= 4 is 11.6 Å². The van der Waals surface area contributed by atoms with Gasteiger partial charge in [0.05, 0.1) is 6.20 Å². The number of oxazole rings is 1. The zero-order chi connectivity index (χ0) is 15.8. The molecule has 6 nitrogen and oxygen atoms in total. The van der Waals surface area contributed by atoms with Gasteiger partial charge in [-0.1, -0.05) is 0 Å². The van der Waals surface area contributed by atoms with E-state index in [9.17, 15) is 4.79 Å². The summed E-state index contributed by atoms with van der Waals surface area (Å²) in [5.74, 6) is 1.16. The second-order valence-corrected chi connectivity index (χ2v) is 6.47. The van der Waals surface area contributed by atoms with E-state index in [1.165, 1.54) is 13.0 Å². The molecule has 2 aromatic rings. The molecular formula is C17H20N4O2. The molecule has 1 aromatic carbocycles. The number of fused-ring (bicyclic) bond motifs is 2. The predicted molar refractivity (Wildman–Crippen MR) is 86.8 cm³/mol. The number of hydrogen-bond donors (Lipinski definition) is 2. The molecule has 3 unspecified atom stereocenters. The average molecular weight is 312 g/mol. The number of rotatable bonds is 3. The van der Waals surface area contributed by atoms with Crippen molar-refractivity contribution in [2.24, 2.45) is 5.92 Å². The van der Waals surface area contributed by atoms with Crippen molar-refractivity contribution in [3.05, 3.63) is 36.4 Å². The van der Waals surface area contributed by atoms with Gasteiger partial charge in [0.15, 0.2) is 5.76 Å². The highest BCUT2D eigenvalue weighted by atomic mass is 16.4. The topological polar surface area (TPSA) is 84.4 Å². The van der Waals surface area contributed by atoms with E-state index in [4.69, 9.17) is 10.2 Å². The molecule has 6 heteroatoms. The van der Waals surface area contributed by atoms with Crippen LogP contribution in [-0.2, 0) is 0 Å². The fourth-order valence-corrected chi connectivity index (χ4v) is 3.57. The van der Waals surface area contributed by atoms with Crippen LogP contribution in [-0.4, -0.2) is 41.5 Å². The van der Waals surface area contributed by atoms with Gasteiger partial charge in [-0.25, -0.2) is 4.98 Å². The molecule has 2 fully saturated rings. The van der Waals surface area contributed by atoms with Gasteiger partial charge in [-0.15, -0.1) is 0 Å². The smallest absolute Gasteiger partial charge is 0.307 e. The SMILES string of the molecule is Nc1ccc(-c2cnc(C(=O)NC3CC4CCN(C4)C3)o2)cc1. The second-order valence-electron chi connectivity index (χ2n) is 6.47. The van der Waals surface area contributed by atoms with E-state index in [0.717, 1.165) is 25.1 Å². The van der Waals surface area contributed by atoms with Crippen molar-refractivity contribution in [3.63, 3.8) is 0 Å². The summed E-state index contributed by atoms with van der Waals surface area (Å²) in [6.07, 6.45) is 3.87. The summed E-state index contributed by atoms with van der Waals surface area (Å²) in [7, 11) is 0. The van der Waals surface area contributed by atoms with Crippen molar-refractivity contribution in [1.82, 2.24) is 15.2 Å². The predicted octanol–water partition coefficient (Wildman–Crippen LogP) is 1.75. The highest BCUT2D eigenvalue weighted by Crippen LogP contribution is 2.27. The Hall–Kier alpha value is -2.34. The van der Waals surface area contributed by atoms with E-state index in [1.54, 1.807) is 18.3 Å². The van der Waals surface area contributed by atoms with Crippen LogP contribution in [0.1, 0.15) is 23.5 Å². The summed E-state index contributed by atoms with van der Waals surface area (Å²) in [5, 5.41) is 3.05. The van der Waals surface area contributed by atoms with Crippen molar-refractivity contribution in [2.75, 3.05) is 25.4 Å². The number of nitrogens with zero attached hydrogens (tertiary/aromatic N) is 2. The van der Waals surface area contributed by atoms with Crippen LogP contribution in [0.15, 0.2) is 34.9 Å². The number of hydrogen-bond acceptors (Lipinski definition) is 5. The van der Waals surface area contributed by atoms with Gasteiger partial charge >= 0.3 is 5.91 Å². The molecule has 2 aliphatic heterocycles. The van der Waals surface area contributed by atoms with Gasteiger partial charge in [-0.2, -0.15) is 0 Å². The maximum Gasteiger partial charge on any atom is 0.307 e. The Labute approximate surface area is 134 Å². The molecular weight excluding hydrogens is 292 g/mol. The molecule has 0 radical (unpaired) electrons. The lowest BCUT2D eigenvalue weighted by molar-refractivity contribution is 0.0875. The van der Waals surface area contributed by atoms with Gasteiger partial charge in [0, 0.05) is 30.4 Å². The zero-order valence-corrected chi connectivity index (χ0v) is 12.9. The molecule has 2 aliphatic rings. The maximum atomic E-state index is 12.3. The van der Waals surface area contributed by atoms with Crippen LogP contribution in [0.25, 0.3) is 11.3 Å². The molecule has 0 saturated carbocycles. The van der Waals surface area contributed by atoms with E-state index in [-0.39, 0.29) is 17.8 Å². The maximum absolute atomic E-state index is 12.3. The Bertz CT molecular complexity index is 698. The third kappa shape index (κ3) is 2.94. The van der Waals surface area contributed by atoms with Crippen LogP contribution in [0.5, 0.6) is 0 Å². The summed E-state index contributed by atoms with van der Waals surface area (Å²) in [6, 6.07) is 7.48. The average Bonchev–Trinajstić information content (AvgIpc) is 3.15. The van der Waals surface area contributed by atoms with Gasteiger partial charge < -0.3 is 20.4 Å². The minimum absolute atomic E-state index is 0.116. The van der Waals surface area contributed by atoms with E-state index < -0.39 is 0 Å². The third-order valence-electron chi connectivity index (χ3n) is 4.70. The molecule has 4 rings (SSSR count). The van der Waals surface area contributed by atoms with Gasteiger partial charge in [0.1, 0.15) is 0 Å². The van der Waals surface area contributed by atoms with Crippen molar-refractivity contribution in [1.29, 1.82) is 0 Å². The first-order valence-electron chi connectivity index (χ1n) is 8.02. The molecule has 2 saturated heterocycles. The molecule has 3 N–H and O–H groups in total. The fraction of sp³-hybridized carbons (Fsp3) is 0.412. The van der Waals surface area contributed by atoms with E-state index in [2.05, 4.69) is 15.2 Å². The van der Waals surface area contributed by atoms with Crippen LogP contribution in [0, 0.1) is 5.92 Å². The van der Waals surface area contributed by atoms with Crippen molar-refractivity contribution < 1.29 is 9.21 Å². The number of nitrogen functional groups attached to an aromatic ring is 1. The molecule has 1 amide bonds. The van der Waals surface area contributed by atoms with E-state index in [1.807, 2.05) is 12.1 Å². The minimum atomic E-state index is -0.237. The molecule has 23 heavy (non-hydrogen) atoms. The quantitative estimate of drug-likeness (QED) is 0.844. The van der Waals surface area contributed by atoms with Crippen LogP contribution in [0.4, 0.5) is 5.69 Å². The van der Waals surface area contributed by atoms with Crippen molar-refractivity contribution in [3.8, 4) is 11.3 Å². The van der Waals surface area contributed by atoms with Gasteiger partial charge in [-0.3, -0.25) is 4.79 Å². The number of anilines is 1. The molecule has 3 heterocycles. The first-order chi connectivity index (χ1) is 11.2. The van der Waals surface area contributed by atoms with E-state index in [0.29, 0.717) is 17.4 Å². The Morgan fingerprint density at radius 3 is 2.91 bits per heavy atom. The van der Waals surface area contributed by atoms with Gasteiger partial charge in [-0.05, 0) is 49.6 Å². The number of carbonyl (C=O) groups is 1. The summed E-state index contributed by atoms with van der Waals surface area (Å²) < 4.78 is 5.60. The van der Waals surface area contributed by atoms with Crippen LogP contribution >= 0.6 is 0 Å². The molecule has 1 aromatic heterocycles. The molecule has 2 bridgehead atoms. The summed E-state index contributed by atoms with van der Waals surface area (Å²) in [6.45, 7) is 3.25. The molecule has 3 atom stereocenters. The Morgan fingerprint density at radius 2 is 2.13 bits per heavy atom. The number of benzene rings is 1.